The van der Waals surface area contributed by atoms with Crippen LogP contribution in [0.4, 0.5) is 0 Å². The Bertz CT molecular complexity index is 297. The average molecular weight is 258 g/mol. The number of likely N-dealkylation sites (tertiary alicyclic amines) is 1. The number of halogens is 1. The summed E-state index contributed by atoms with van der Waals surface area (Å²) in [6.45, 7) is 4.56. The molecule has 14 heavy (non-hydrogen) atoms. The van der Waals surface area contributed by atoms with Crippen molar-refractivity contribution in [1.29, 1.82) is 0 Å². The number of piperidine rings is 1. The van der Waals surface area contributed by atoms with Crippen molar-refractivity contribution in [3.63, 3.8) is 0 Å². The SMILES string of the molecule is CC1CCCCN1Cc1coc(Br)c1. The third-order valence-electron chi connectivity index (χ3n) is 2.95. The zero-order valence-electron chi connectivity index (χ0n) is 8.50. The van der Waals surface area contributed by atoms with Gasteiger partial charge in [0.1, 0.15) is 0 Å². The standard InChI is InChI=1S/C11H16BrNO/c1-9-4-2-3-5-13(9)7-10-6-11(12)14-8-10/h6,8-9H,2-5,7H2,1H3. The third kappa shape index (κ3) is 2.39. The Labute approximate surface area is 93.4 Å². The Morgan fingerprint density at radius 2 is 2.43 bits per heavy atom. The third-order valence-corrected chi connectivity index (χ3v) is 3.36. The van der Waals surface area contributed by atoms with Crippen LogP contribution in [0.2, 0.25) is 0 Å². The Morgan fingerprint density at radius 3 is 3.07 bits per heavy atom. The molecular formula is C11H16BrNO. The van der Waals surface area contributed by atoms with Gasteiger partial charge in [0.15, 0.2) is 4.67 Å². The number of rotatable bonds is 2. The van der Waals surface area contributed by atoms with Gasteiger partial charge in [-0.3, -0.25) is 4.90 Å². The van der Waals surface area contributed by atoms with Crippen LogP contribution in [0.25, 0.3) is 0 Å². The van der Waals surface area contributed by atoms with Gasteiger partial charge in [-0.25, -0.2) is 0 Å². The van der Waals surface area contributed by atoms with Gasteiger partial charge in [-0.15, -0.1) is 0 Å². The van der Waals surface area contributed by atoms with Crippen molar-refractivity contribution in [2.24, 2.45) is 0 Å². The maximum atomic E-state index is 5.23. The van der Waals surface area contributed by atoms with Gasteiger partial charge in [-0.1, -0.05) is 6.42 Å². The summed E-state index contributed by atoms with van der Waals surface area (Å²) in [5, 5.41) is 0. The lowest BCUT2D eigenvalue weighted by Crippen LogP contribution is -2.36. The van der Waals surface area contributed by atoms with E-state index in [4.69, 9.17) is 4.42 Å². The molecule has 0 aliphatic carbocycles. The number of hydrogen-bond acceptors (Lipinski definition) is 2. The van der Waals surface area contributed by atoms with Crippen molar-refractivity contribution < 1.29 is 4.42 Å². The van der Waals surface area contributed by atoms with Gasteiger partial charge in [0.2, 0.25) is 0 Å². The molecular weight excluding hydrogens is 242 g/mol. The van der Waals surface area contributed by atoms with E-state index in [1.807, 2.05) is 6.26 Å². The van der Waals surface area contributed by atoms with E-state index in [9.17, 15) is 0 Å². The molecule has 0 spiro atoms. The molecule has 3 heteroatoms. The lowest BCUT2D eigenvalue weighted by molar-refractivity contribution is 0.152. The lowest BCUT2D eigenvalue weighted by Gasteiger charge is -2.32. The second kappa shape index (κ2) is 4.49. The van der Waals surface area contributed by atoms with Gasteiger partial charge < -0.3 is 4.42 Å². The first-order chi connectivity index (χ1) is 6.75. The molecule has 1 aliphatic heterocycles. The highest BCUT2D eigenvalue weighted by Crippen LogP contribution is 2.21. The topological polar surface area (TPSA) is 16.4 Å². The van der Waals surface area contributed by atoms with Crippen LogP contribution < -0.4 is 0 Å². The molecule has 1 aromatic heterocycles. The van der Waals surface area contributed by atoms with Crippen molar-refractivity contribution in [2.75, 3.05) is 6.54 Å². The smallest absolute Gasteiger partial charge is 0.169 e. The Morgan fingerprint density at radius 1 is 1.57 bits per heavy atom. The number of furan rings is 1. The van der Waals surface area contributed by atoms with Gasteiger partial charge >= 0.3 is 0 Å². The Kier molecular flexibility index (Phi) is 3.29. The summed E-state index contributed by atoms with van der Waals surface area (Å²) < 4.78 is 6.06. The first-order valence-corrected chi connectivity index (χ1v) is 6.02. The number of nitrogens with zero attached hydrogens (tertiary/aromatic N) is 1. The fourth-order valence-corrected chi connectivity index (χ4v) is 2.44. The van der Waals surface area contributed by atoms with Crippen LogP contribution >= 0.6 is 15.9 Å². The monoisotopic (exact) mass is 257 g/mol. The first kappa shape index (κ1) is 10.2. The van der Waals surface area contributed by atoms with Gasteiger partial charge in [-0.2, -0.15) is 0 Å². The minimum atomic E-state index is 0.720. The molecule has 0 aromatic carbocycles. The van der Waals surface area contributed by atoms with E-state index in [-0.39, 0.29) is 0 Å². The molecule has 0 saturated carbocycles. The molecule has 1 atom stereocenters. The van der Waals surface area contributed by atoms with Crippen LogP contribution in [0.3, 0.4) is 0 Å². The highest BCUT2D eigenvalue weighted by atomic mass is 79.9. The summed E-state index contributed by atoms with van der Waals surface area (Å²) in [4.78, 5) is 2.53. The maximum absolute atomic E-state index is 5.23. The molecule has 1 aromatic rings. The molecule has 0 bridgehead atoms. The Balaban J connectivity index is 1.95. The van der Waals surface area contributed by atoms with Crippen LogP contribution in [-0.2, 0) is 6.54 Å². The van der Waals surface area contributed by atoms with E-state index < -0.39 is 0 Å². The van der Waals surface area contributed by atoms with Gasteiger partial charge in [0, 0.05) is 18.2 Å². The fourth-order valence-electron chi connectivity index (χ4n) is 2.06. The van der Waals surface area contributed by atoms with Crippen LogP contribution in [0.5, 0.6) is 0 Å². The summed E-state index contributed by atoms with van der Waals surface area (Å²) in [5.41, 5.74) is 1.27. The molecule has 1 aliphatic rings. The van der Waals surface area contributed by atoms with E-state index in [0.29, 0.717) is 0 Å². The summed E-state index contributed by atoms with van der Waals surface area (Å²) in [6, 6.07) is 2.78. The second-order valence-corrected chi connectivity index (χ2v) is 4.86. The maximum Gasteiger partial charge on any atom is 0.169 e. The summed E-state index contributed by atoms with van der Waals surface area (Å²) in [6.07, 6.45) is 5.89. The average Bonchev–Trinajstić information content (AvgIpc) is 2.56. The van der Waals surface area contributed by atoms with E-state index in [2.05, 4.69) is 33.8 Å². The quantitative estimate of drug-likeness (QED) is 0.808. The van der Waals surface area contributed by atoms with Crippen molar-refractivity contribution in [3.8, 4) is 0 Å². The van der Waals surface area contributed by atoms with Crippen molar-refractivity contribution in [1.82, 2.24) is 4.90 Å². The van der Waals surface area contributed by atoms with Crippen LogP contribution in [0.1, 0.15) is 31.7 Å². The van der Waals surface area contributed by atoms with E-state index in [1.54, 1.807) is 0 Å². The second-order valence-electron chi connectivity index (χ2n) is 4.07. The fraction of sp³-hybridized carbons (Fsp3) is 0.636. The highest BCUT2D eigenvalue weighted by Gasteiger charge is 2.18. The van der Waals surface area contributed by atoms with Crippen LogP contribution in [-0.4, -0.2) is 17.5 Å². The lowest BCUT2D eigenvalue weighted by atomic mass is 10.0. The minimum Gasteiger partial charge on any atom is -0.457 e. The van der Waals surface area contributed by atoms with E-state index >= 15 is 0 Å². The molecule has 0 amide bonds. The predicted molar refractivity (Wildman–Crippen MR) is 60.1 cm³/mol. The van der Waals surface area contributed by atoms with E-state index in [1.165, 1.54) is 31.4 Å². The molecule has 2 rings (SSSR count). The zero-order chi connectivity index (χ0) is 9.97. The van der Waals surface area contributed by atoms with Gasteiger partial charge in [0.25, 0.3) is 0 Å². The largest absolute Gasteiger partial charge is 0.457 e. The molecule has 0 N–H and O–H groups in total. The van der Waals surface area contributed by atoms with Crippen molar-refractivity contribution in [2.45, 2.75) is 38.8 Å². The minimum absolute atomic E-state index is 0.720. The predicted octanol–water partition coefficient (Wildman–Crippen LogP) is 3.42. The summed E-state index contributed by atoms with van der Waals surface area (Å²) in [7, 11) is 0. The molecule has 2 nitrogen and oxygen atoms in total. The summed E-state index contributed by atoms with van der Waals surface area (Å²) >= 11 is 3.33. The molecule has 78 valence electrons. The molecule has 1 fully saturated rings. The molecule has 2 heterocycles. The van der Waals surface area contributed by atoms with Gasteiger partial charge in [-0.05, 0) is 48.3 Å². The Hall–Kier alpha value is -0.280. The molecule has 0 radical (unpaired) electrons. The van der Waals surface area contributed by atoms with Crippen LogP contribution in [0.15, 0.2) is 21.4 Å². The summed E-state index contributed by atoms with van der Waals surface area (Å²) in [5.74, 6) is 0. The van der Waals surface area contributed by atoms with Crippen LogP contribution in [0, 0.1) is 0 Å². The van der Waals surface area contributed by atoms with Gasteiger partial charge in [0.05, 0.1) is 6.26 Å². The van der Waals surface area contributed by atoms with Crippen molar-refractivity contribution >= 4 is 15.9 Å². The molecule has 1 unspecified atom stereocenters. The zero-order valence-corrected chi connectivity index (χ0v) is 10.1. The van der Waals surface area contributed by atoms with Crippen molar-refractivity contribution in [3.05, 3.63) is 22.6 Å². The first-order valence-electron chi connectivity index (χ1n) is 5.22. The normalized spacial score (nSPS) is 24.0. The highest BCUT2D eigenvalue weighted by molar-refractivity contribution is 9.10. The number of hydrogen-bond donors (Lipinski definition) is 0. The van der Waals surface area contributed by atoms with E-state index in [0.717, 1.165) is 17.3 Å². The molecule has 1 saturated heterocycles.